The van der Waals surface area contributed by atoms with Gasteiger partial charge in [0.05, 0.1) is 16.7 Å². The molecule has 2 rings (SSSR count). The van der Waals surface area contributed by atoms with Crippen LogP contribution in [0.5, 0.6) is 0 Å². The summed E-state index contributed by atoms with van der Waals surface area (Å²) in [6.07, 6.45) is 0. The minimum atomic E-state index is -2.21. The van der Waals surface area contributed by atoms with Gasteiger partial charge < -0.3 is 9.31 Å². The molecule has 1 heterocycles. The van der Waals surface area contributed by atoms with Crippen LogP contribution in [0.25, 0.3) is 0 Å². The average molecular weight is 294 g/mol. The summed E-state index contributed by atoms with van der Waals surface area (Å²) >= 11 is 0. The molecule has 0 atom stereocenters. The Kier molecular flexibility index (Phi) is 3.37. The van der Waals surface area contributed by atoms with E-state index in [9.17, 15) is 22.0 Å². The van der Waals surface area contributed by atoms with Crippen LogP contribution in [0, 0.1) is 29.1 Å². The van der Waals surface area contributed by atoms with Crippen molar-refractivity contribution in [2.45, 2.75) is 38.9 Å². The second-order valence-electron chi connectivity index (χ2n) is 5.57. The number of hydrogen-bond donors (Lipinski definition) is 0. The fourth-order valence-corrected chi connectivity index (χ4v) is 1.79. The summed E-state index contributed by atoms with van der Waals surface area (Å²) in [5.41, 5.74) is -3.03. The number of halogens is 5. The van der Waals surface area contributed by atoms with Gasteiger partial charge in [0.15, 0.2) is 29.1 Å². The van der Waals surface area contributed by atoms with Gasteiger partial charge in [-0.25, -0.2) is 22.0 Å². The highest BCUT2D eigenvalue weighted by atomic mass is 19.2. The Balaban J connectivity index is 2.57. The van der Waals surface area contributed by atoms with E-state index < -0.39 is 52.9 Å². The molecule has 0 N–H and O–H groups in total. The van der Waals surface area contributed by atoms with Gasteiger partial charge in [0.1, 0.15) is 0 Å². The van der Waals surface area contributed by atoms with Crippen LogP contribution in [0.3, 0.4) is 0 Å². The molecule has 1 fully saturated rings. The summed E-state index contributed by atoms with van der Waals surface area (Å²) in [5.74, 6) is -10.1. The van der Waals surface area contributed by atoms with E-state index in [1.54, 1.807) is 27.7 Å². The number of hydrogen-bond acceptors (Lipinski definition) is 2. The topological polar surface area (TPSA) is 18.5 Å². The quantitative estimate of drug-likeness (QED) is 0.343. The van der Waals surface area contributed by atoms with E-state index in [1.807, 2.05) is 0 Å². The molecular formula is C12H12BF5O2. The molecule has 0 bridgehead atoms. The lowest BCUT2D eigenvalue weighted by Crippen LogP contribution is -2.41. The van der Waals surface area contributed by atoms with Crippen LogP contribution in [0.4, 0.5) is 22.0 Å². The van der Waals surface area contributed by atoms with Crippen molar-refractivity contribution in [3.05, 3.63) is 29.1 Å². The smallest absolute Gasteiger partial charge is 0.399 e. The van der Waals surface area contributed by atoms with E-state index in [0.29, 0.717) is 0 Å². The maximum absolute atomic E-state index is 13.7. The zero-order valence-corrected chi connectivity index (χ0v) is 11.3. The highest BCUT2D eigenvalue weighted by Gasteiger charge is 2.54. The Morgan fingerprint density at radius 1 is 0.650 bits per heavy atom. The van der Waals surface area contributed by atoms with Gasteiger partial charge in [-0.05, 0) is 27.7 Å². The molecule has 2 nitrogen and oxygen atoms in total. The first-order valence-electron chi connectivity index (χ1n) is 5.86. The van der Waals surface area contributed by atoms with Crippen molar-refractivity contribution < 1.29 is 31.3 Å². The molecule has 0 amide bonds. The SMILES string of the molecule is CC1(C)OB(c2c(F)c(F)c(F)c(F)c2F)OC1(C)C. The van der Waals surface area contributed by atoms with Crippen molar-refractivity contribution in [3.8, 4) is 0 Å². The van der Waals surface area contributed by atoms with Crippen LogP contribution >= 0.6 is 0 Å². The molecule has 0 unspecified atom stereocenters. The first-order chi connectivity index (χ1) is 8.99. The fourth-order valence-electron chi connectivity index (χ4n) is 1.79. The van der Waals surface area contributed by atoms with Crippen LogP contribution in [0.2, 0.25) is 0 Å². The number of rotatable bonds is 1. The highest BCUT2D eigenvalue weighted by Crippen LogP contribution is 2.37. The summed E-state index contributed by atoms with van der Waals surface area (Å²) < 4.78 is 77.3. The van der Waals surface area contributed by atoms with Gasteiger partial charge in [-0.2, -0.15) is 0 Å². The van der Waals surface area contributed by atoms with Gasteiger partial charge >= 0.3 is 7.12 Å². The molecule has 1 aromatic carbocycles. The minimum Gasteiger partial charge on any atom is -0.399 e. The predicted octanol–water partition coefficient (Wildman–Crippen LogP) is 2.68. The molecule has 1 aliphatic heterocycles. The first-order valence-corrected chi connectivity index (χ1v) is 5.86. The van der Waals surface area contributed by atoms with Crippen molar-refractivity contribution in [1.29, 1.82) is 0 Å². The van der Waals surface area contributed by atoms with E-state index in [1.165, 1.54) is 0 Å². The fraction of sp³-hybridized carbons (Fsp3) is 0.500. The van der Waals surface area contributed by atoms with Gasteiger partial charge in [0.25, 0.3) is 0 Å². The van der Waals surface area contributed by atoms with Crippen LogP contribution in [0.15, 0.2) is 0 Å². The molecule has 0 aromatic heterocycles. The van der Waals surface area contributed by atoms with Crippen LogP contribution in [-0.2, 0) is 9.31 Å². The normalized spacial score (nSPS) is 20.6. The van der Waals surface area contributed by atoms with Crippen molar-refractivity contribution in [2.75, 3.05) is 0 Å². The Bertz CT molecular complexity index is 528. The van der Waals surface area contributed by atoms with Gasteiger partial charge in [-0.3, -0.25) is 0 Å². The van der Waals surface area contributed by atoms with Crippen molar-refractivity contribution in [3.63, 3.8) is 0 Å². The molecule has 8 heteroatoms. The zero-order chi connectivity index (χ0) is 15.5. The van der Waals surface area contributed by atoms with Crippen LogP contribution < -0.4 is 5.46 Å². The third-order valence-electron chi connectivity index (χ3n) is 3.73. The number of benzene rings is 1. The van der Waals surface area contributed by atoms with Crippen molar-refractivity contribution in [2.24, 2.45) is 0 Å². The molecular weight excluding hydrogens is 282 g/mol. The Hall–Kier alpha value is -1.15. The molecule has 1 aliphatic rings. The van der Waals surface area contributed by atoms with Crippen LogP contribution in [0.1, 0.15) is 27.7 Å². The highest BCUT2D eigenvalue weighted by molar-refractivity contribution is 6.62. The summed E-state index contributed by atoms with van der Waals surface area (Å²) in [5, 5.41) is 0. The molecule has 0 aliphatic carbocycles. The molecule has 1 saturated heterocycles. The van der Waals surface area contributed by atoms with Gasteiger partial charge in [-0.1, -0.05) is 0 Å². The first kappa shape index (κ1) is 15.2. The van der Waals surface area contributed by atoms with E-state index in [2.05, 4.69) is 0 Å². The maximum Gasteiger partial charge on any atom is 0.501 e. The molecule has 20 heavy (non-hydrogen) atoms. The van der Waals surface area contributed by atoms with E-state index in [0.717, 1.165) is 0 Å². The molecule has 1 aromatic rings. The van der Waals surface area contributed by atoms with E-state index in [4.69, 9.17) is 9.31 Å². The molecule has 0 saturated carbocycles. The maximum atomic E-state index is 13.7. The third-order valence-corrected chi connectivity index (χ3v) is 3.73. The van der Waals surface area contributed by atoms with Crippen molar-refractivity contribution >= 4 is 12.6 Å². The largest absolute Gasteiger partial charge is 0.501 e. The second-order valence-corrected chi connectivity index (χ2v) is 5.57. The lowest BCUT2D eigenvalue weighted by atomic mass is 9.78. The predicted molar refractivity (Wildman–Crippen MR) is 61.9 cm³/mol. The average Bonchev–Trinajstić information content (AvgIpc) is 2.53. The van der Waals surface area contributed by atoms with Crippen molar-refractivity contribution in [1.82, 2.24) is 0 Å². The monoisotopic (exact) mass is 294 g/mol. The molecule has 0 spiro atoms. The Morgan fingerprint density at radius 2 is 0.950 bits per heavy atom. The van der Waals surface area contributed by atoms with Crippen LogP contribution in [-0.4, -0.2) is 18.3 Å². The second kappa shape index (κ2) is 4.43. The zero-order valence-electron chi connectivity index (χ0n) is 11.3. The minimum absolute atomic E-state index is 0.960. The van der Waals surface area contributed by atoms with E-state index >= 15 is 0 Å². The van der Waals surface area contributed by atoms with Gasteiger partial charge in [-0.15, -0.1) is 0 Å². The molecule has 110 valence electrons. The van der Waals surface area contributed by atoms with Gasteiger partial charge in [0.2, 0.25) is 0 Å². The summed E-state index contributed by atoms with van der Waals surface area (Å²) in [6.45, 7) is 6.39. The summed E-state index contributed by atoms with van der Waals surface area (Å²) in [6, 6.07) is 0. The lowest BCUT2D eigenvalue weighted by molar-refractivity contribution is 0.00578. The summed E-state index contributed by atoms with van der Waals surface area (Å²) in [7, 11) is -1.66. The van der Waals surface area contributed by atoms with Gasteiger partial charge in [0, 0.05) is 0 Å². The summed E-state index contributed by atoms with van der Waals surface area (Å²) in [4.78, 5) is 0. The Labute approximate surface area is 113 Å². The Morgan fingerprint density at radius 3 is 1.30 bits per heavy atom. The third kappa shape index (κ3) is 2.02. The molecule has 0 radical (unpaired) electrons. The standard InChI is InChI=1S/C12H12BF5O2/c1-11(2)12(3,4)20-13(19-11)5-6(14)8(16)10(18)9(17)7(5)15/h1-4H3. The lowest BCUT2D eigenvalue weighted by Gasteiger charge is -2.32. The van der Waals surface area contributed by atoms with E-state index in [-0.39, 0.29) is 0 Å².